The number of hydrogen-bond acceptors (Lipinski definition) is 15. The van der Waals surface area contributed by atoms with Gasteiger partial charge < -0.3 is 49.2 Å². The van der Waals surface area contributed by atoms with E-state index in [9.17, 15) is 44.7 Å². The molecule has 3 aliphatic heterocycles. The van der Waals surface area contributed by atoms with Crippen LogP contribution >= 0.6 is 0 Å². The number of esters is 4. The van der Waals surface area contributed by atoms with E-state index in [-0.39, 0.29) is 31.7 Å². The molecule has 15 nitrogen and oxygen atoms in total. The second-order valence-corrected chi connectivity index (χ2v) is 19.2. The van der Waals surface area contributed by atoms with Crippen LogP contribution in [0, 0.1) is 46.8 Å². The number of piperidine rings is 2. The molecule has 0 amide bonds. The Labute approximate surface area is 328 Å². The second-order valence-electron chi connectivity index (χ2n) is 19.2. The minimum atomic E-state index is -2.38. The highest BCUT2D eigenvalue weighted by Crippen LogP contribution is 2.78. The monoisotopic (exact) mass is 793 g/mol. The van der Waals surface area contributed by atoms with Crippen LogP contribution < -0.4 is 0 Å². The van der Waals surface area contributed by atoms with E-state index in [0.717, 1.165) is 6.42 Å². The molecule has 0 radical (unpaired) electrons. The number of carbonyl (C=O) groups is 4. The average Bonchev–Trinajstić information content (AvgIpc) is 3.40. The van der Waals surface area contributed by atoms with Gasteiger partial charge in [-0.15, -0.1) is 0 Å². The highest BCUT2D eigenvalue weighted by Gasteiger charge is 2.90. The minimum Gasteiger partial charge on any atom is -0.458 e. The van der Waals surface area contributed by atoms with Crippen molar-refractivity contribution in [2.45, 2.75) is 172 Å². The van der Waals surface area contributed by atoms with Crippen molar-refractivity contribution in [3.05, 3.63) is 0 Å². The Morgan fingerprint density at radius 3 is 2.14 bits per heavy atom. The number of aliphatic hydroxyl groups is 5. The van der Waals surface area contributed by atoms with Crippen molar-refractivity contribution >= 4 is 23.9 Å². The molecule has 1 spiro atoms. The fourth-order valence-corrected chi connectivity index (χ4v) is 13.1. The lowest BCUT2D eigenvalue weighted by Crippen LogP contribution is -2.78. The summed E-state index contributed by atoms with van der Waals surface area (Å²) in [7, 11) is 0. The SMILES string of the molecule is CC[C@@H](C)C(=O)O[C@H]1[C@H](O)C2[C@@H](CN3C[C@@H](C)CCC3[C@@]2(C)O)C2C[C@]34O[C@]5(O)[C@@H](OC(=O)[C@@](C)(O)CC)CC[C@@]3(C)[C@@H]5[C@@H](OC(C)=O)[C@@H](OC(C)=O)[C@H]4[C@@]21O. The van der Waals surface area contributed by atoms with Gasteiger partial charge in [0.05, 0.1) is 35.1 Å². The first-order valence-corrected chi connectivity index (χ1v) is 20.7. The van der Waals surface area contributed by atoms with Crippen LogP contribution in [0.15, 0.2) is 0 Å². The summed E-state index contributed by atoms with van der Waals surface area (Å²) in [6.07, 6.45) is -5.31. The van der Waals surface area contributed by atoms with E-state index in [1.54, 1.807) is 20.8 Å². The maximum absolute atomic E-state index is 13.9. The number of fused-ring (bicyclic) bond motifs is 5. The van der Waals surface area contributed by atoms with Crippen LogP contribution in [0.25, 0.3) is 0 Å². The first-order chi connectivity index (χ1) is 26.0. The summed E-state index contributed by atoms with van der Waals surface area (Å²) in [5.74, 6) is -10.8. The Kier molecular flexibility index (Phi) is 10.1. The Bertz CT molecular complexity index is 1620. The van der Waals surface area contributed by atoms with Gasteiger partial charge in [0, 0.05) is 44.3 Å². The molecular weight excluding hydrogens is 730 g/mol. The molecule has 19 atom stereocenters. The van der Waals surface area contributed by atoms with E-state index in [1.807, 2.05) is 13.8 Å². The summed E-state index contributed by atoms with van der Waals surface area (Å²) in [6, 6.07) is -0.309. The van der Waals surface area contributed by atoms with Crippen molar-refractivity contribution in [1.82, 2.24) is 4.90 Å². The first kappa shape index (κ1) is 41.7. The molecule has 5 N–H and O–H groups in total. The maximum atomic E-state index is 13.9. The fraction of sp³-hybridized carbons (Fsp3) is 0.902. The summed E-state index contributed by atoms with van der Waals surface area (Å²) in [5, 5.41) is 62.9. The summed E-state index contributed by atoms with van der Waals surface area (Å²) in [5.41, 5.74) is -8.37. The predicted octanol–water partition coefficient (Wildman–Crippen LogP) is 1.61. The molecule has 0 aromatic rings. The predicted molar refractivity (Wildman–Crippen MR) is 195 cm³/mol. The molecule has 3 saturated heterocycles. The van der Waals surface area contributed by atoms with E-state index in [4.69, 9.17) is 23.7 Å². The smallest absolute Gasteiger partial charge is 0.338 e. The number of ether oxygens (including phenoxy) is 5. The van der Waals surface area contributed by atoms with E-state index >= 15 is 0 Å². The molecule has 7 fully saturated rings. The van der Waals surface area contributed by atoms with Gasteiger partial charge in [0.25, 0.3) is 0 Å². The van der Waals surface area contributed by atoms with Gasteiger partial charge in [-0.2, -0.15) is 0 Å². The molecule has 0 aromatic carbocycles. The van der Waals surface area contributed by atoms with Gasteiger partial charge in [0.2, 0.25) is 5.79 Å². The quantitative estimate of drug-likeness (QED) is 0.174. The van der Waals surface area contributed by atoms with Gasteiger partial charge >= 0.3 is 23.9 Å². The van der Waals surface area contributed by atoms with E-state index in [0.29, 0.717) is 31.8 Å². The summed E-state index contributed by atoms with van der Waals surface area (Å²) in [6.45, 7) is 15.5. The standard InChI is InChI=1S/C41H63NO14/c1-10-20(4)34(46)55-33-28(45)27-23(18-42-17-19(3)12-13-25(42)38(27,9)49)24-16-39-32(40(24,33)50)30(53-22(6)44)29(52-21(5)43)31-36(39,7)15-14-26(41(31,51)56-39)54-35(47)37(8,48)11-2/h19-20,23-33,45,48-51H,10-18H2,1-9H3/t19-,20+,23-,24?,25?,26-,27?,28+,29-,30+,31-,32+,33-,36-,37-,38+,39+,40-,41+/m0/s1. The lowest BCUT2D eigenvalue weighted by atomic mass is 9.48. The number of aliphatic hydroxyl groups excluding tert-OH is 1. The average molecular weight is 794 g/mol. The molecule has 316 valence electrons. The lowest BCUT2D eigenvalue weighted by molar-refractivity contribution is -0.301. The zero-order valence-corrected chi connectivity index (χ0v) is 34.2. The molecule has 3 heterocycles. The van der Waals surface area contributed by atoms with Gasteiger partial charge in [0.1, 0.15) is 17.8 Å². The minimum absolute atomic E-state index is 0.0107. The van der Waals surface area contributed by atoms with E-state index < -0.39 is 124 Å². The third-order valence-electron chi connectivity index (χ3n) is 16.0. The van der Waals surface area contributed by atoms with Crippen LogP contribution in [0.5, 0.6) is 0 Å². The van der Waals surface area contributed by atoms with Crippen molar-refractivity contribution in [2.24, 2.45) is 46.8 Å². The van der Waals surface area contributed by atoms with Gasteiger partial charge in [-0.05, 0) is 76.5 Å². The Morgan fingerprint density at radius 1 is 0.929 bits per heavy atom. The van der Waals surface area contributed by atoms with Crippen molar-refractivity contribution in [3.8, 4) is 0 Å². The van der Waals surface area contributed by atoms with Gasteiger partial charge in [-0.1, -0.05) is 34.6 Å². The van der Waals surface area contributed by atoms with Crippen LogP contribution in [0.2, 0.25) is 0 Å². The number of nitrogens with zero attached hydrogens (tertiary/aromatic N) is 1. The van der Waals surface area contributed by atoms with Crippen molar-refractivity contribution < 1.29 is 68.4 Å². The third kappa shape index (κ3) is 5.60. The maximum Gasteiger partial charge on any atom is 0.338 e. The number of rotatable bonds is 8. The normalized spacial score (nSPS) is 50.5. The molecule has 7 aliphatic rings. The zero-order chi connectivity index (χ0) is 41.3. The first-order valence-electron chi connectivity index (χ1n) is 20.7. The zero-order valence-electron chi connectivity index (χ0n) is 34.2. The second kappa shape index (κ2) is 13.6. The topological polar surface area (TPSA) is 219 Å². The highest BCUT2D eigenvalue weighted by molar-refractivity contribution is 5.79. The van der Waals surface area contributed by atoms with E-state index in [1.165, 1.54) is 20.8 Å². The van der Waals surface area contributed by atoms with Gasteiger partial charge in [-0.3, -0.25) is 19.3 Å². The molecule has 4 bridgehead atoms. The number of hydrogen-bond donors (Lipinski definition) is 5. The van der Waals surface area contributed by atoms with Gasteiger partial charge in [-0.25, -0.2) is 4.79 Å². The van der Waals surface area contributed by atoms with Crippen LogP contribution in [0.1, 0.15) is 107 Å². The third-order valence-corrected chi connectivity index (χ3v) is 16.0. The lowest BCUT2D eigenvalue weighted by Gasteiger charge is -2.64. The Hall–Kier alpha value is -2.40. The van der Waals surface area contributed by atoms with E-state index in [2.05, 4.69) is 11.8 Å². The van der Waals surface area contributed by atoms with Crippen LogP contribution in [0.4, 0.5) is 0 Å². The summed E-state index contributed by atoms with van der Waals surface area (Å²) < 4.78 is 31.3. The molecule has 3 unspecified atom stereocenters. The molecule has 0 aromatic heterocycles. The van der Waals surface area contributed by atoms with Crippen LogP contribution in [-0.4, -0.2) is 132 Å². The Balaban J connectivity index is 1.45. The molecular formula is C41H63NO14. The largest absolute Gasteiger partial charge is 0.458 e. The molecule has 56 heavy (non-hydrogen) atoms. The van der Waals surface area contributed by atoms with Gasteiger partial charge in [0.15, 0.2) is 17.8 Å². The van der Waals surface area contributed by atoms with Crippen LogP contribution in [-0.2, 0) is 42.9 Å². The fourth-order valence-electron chi connectivity index (χ4n) is 13.1. The molecule has 15 heteroatoms. The number of carbonyl (C=O) groups excluding carboxylic acids is 4. The van der Waals surface area contributed by atoms with Crippen molar-refractivity contribution in [2.75, 3.05) is 13.1 Å². The molecule has 7 rings (SSSR count). The molecule has 4 aliphatic carbocycles. The summed E-state index contributed by atoms with van der Waals surface area (Å²) >= 11 is 0. The summed E-state index contributed by atoms with van der Waals surface area (Å²) in [4.78, 5) is 55.6. The highest BCUT2D eigenvalue weighted by atomic mass is 16.7. The Morgan fingerprint density at radius 2 is 1.55 bits per heavy atom. The van der Waals surface area contributed by atoms with Crippen LogP contribution in [0.3, 0.4) is 0 Å². The van der Waals surface area contributed by atoms with Crippen molar-refractivity contribution in [1.29, 1.82) is 0 Å². The molecule has 4 saturated carbocycles. The van der Waals surface area contributed by atoms with Crippen molar-refractivity contribution in [3.63, 3.8) is 0 Å².